The Bertz CT molecular complexity index is 512. The third-order valence-electron chi connectivity index (χ3n) is 3.52. The second-order valence-electron chi connectivity index (χ2n) is 4.93. The molecule has 1 aliphatic carbocycles. The van der Waals surface area contributed by atoms with Crippen LogP contribution in [0.2, 0.25) is 0 Å². The summed E-state index contributed by atoms with van der Waals surface area (Å²) in [5.74, 6) is 1.59. The van der Waals surface area contributed by atoms with Crippen LogP contribution in [-0.2, 0) is 6.42 Å². The molecule has 90 valence electrons. The lowest BCUT2D eigenvalue weighted by Crippen LogP contribution is -2.15. The average molecular weight is 247 g/mol. The maximum absolute atomic E-state index is 4.36. The summed E-state index contributed by atoms with van der Waals surface area (Å²) >= 11 is 1.88. The van der Waals surface area contributed by atoms with Crippen molar-refractivity contribution < 1.29 is 0 Å². The van der Waals surface area contributed by atoms with Gasteiger partial charge in [-0.25, -0.2) is 0 Å². The number of hydrogen-bond acceptors (Lipinski definition) is 3. The van der Waals surface area contributed by atoms with E-state index in [1.54, 1.807) is 4.88 Å². The summed E-state index contributed by atoms with van der Waals surface area (Å²) in [7, 11) is 0. The van der Waals surface area contributed by atoms with E-state index in [9.17, 15) is 0 Å². The first-order valence-corrected chi connectivity index (χ1v) is 7.11. The van der Waals surface area contributed by atoms with Crippen LogP contribution in [0.4, 0.5) is 0 Å². The van der Waals surface area contributed by atoms with E-state index >= 15 is 0 Å². The lowest BCUT2D eigenvalue weighted by atomic mass is 9.87. The summed E-state index contributed by atoms with van der Waals surface area (Å²) < 4.78 is 2.21. The van der Waals surface area contributed by atoms with E-state index in [0.717, 1.165) is 5.82 Å². The molecule has 2 aromatic heterocycles. The van der Waals surface area contributed by atoms with Gasteiger partial charge < -0.3 is 4.57 Å². The van der Waals surface area contributed by atoms with Crippen molar-refractivity contribution in [3.63, 3.8) is 0 Å². The van der Waals surface area contributed by atoms with Gasteiger partial charge in [0.15, 0.2) is 0 Å². The van der Waals surface area contributed by atoms with Gasteiger partial charge in [-0.2, -0.15) is 0 Å². The molecule has 0 saturated heterocycles. The standard InChI is InChI=1S/C13H17N3S/c1-9(2)16-8-14-15-13(16)11-4-3-5-12-10(11)6-7-17-12/h6-9,11H,3-5H2,1-2H3. The minimum atomic E-state index is 0.434. The molecule has 4 heteroatoms. The summed E-state index contributed by atoms with van der Waals surface area (Å²) in [5, 5.41) is 10.7. The molecular weight excluding hydrogens is 230 g/mol. The Morgan fingerprint density at radius 3 is 3.18 bits per heavy atom. The van der Waals surface area contributed by atoms with Crippen molar-refractivity contribution in [3.05, 3.63) is 34.0 Å². The SMILES string of the molecule is CC(C)n1cnnc1C1CCCc2sccc21. The van der Waals surface area contributed by atoms with Crippen LogP contribution in [0.25, 0.3) is 0 Å². The number of fused-ring (bicyclic) bond motifs is 1. The zero-order valence-electron chi connectivity index (χ0n) is 10.3. The van der Waals surface area contributed by atoms with Crippen molar-refractivity contribution in [2.24, 2.45) is 0 Å². The van der Waals surface area contributed by atoms with E-state index in [1.807, 2.05) is 17.7 Å². The molecule has 0 amide bonds. The zero-order valence-corrected chi connectivity index (χ0v) is 11.1. The molecule has 17 heavy (non-hydrogen) atoms. The van der Waals surface area contributed by atoms with Crippen LogP contribution in [0.3, 0.4) is 0 Å². The number of hydrogen-bond donors (Lipinski definition) is 0. The molecule has 0 aliphatic heterocycles. The highest BCUT2D eigenvalue weighted by atomic mass is 32.1. The first-order valence-electron chi connectivity index (χ1n) is 6.23. The lowest BCUT2D eigenvalue weighted by molar-refractivity contribution is 0.516. The minimum Gasteiger partial charge on any atom is -0.315 e. The Balaban J connectivity index is 2.04. The highest BCUT2D eigenvalue weighted by Gasteiger charge is 2.27. The van der Waals surface area contributed by atoms with Crippen molar-refractivity contribution in [1.82, 2.24) is 14.8 Å². The Labute approximate surface area is 106 Å². The molecule has 2 aromatic rings. The molecule has 0 aromatic carbocycles. The van der Waals surface area contributed by atoms with Gasteiger partial charge in [0.05, 0.1) is 0 Å². The maximum atomic E-state index is 4.36. The van der Waals surface area contributed by atoms with E-state index in [0.29, 0.717) is 12.0 Å². The Hall–Kier alpha value is -1.16. The molecule has 1 unspecified atom stereocenters. The molecule has 0 radical (unpaired) electrons. The molecule has 0 N–H and O–H groups in total. The van der Waals surface area contributed by atoms with Crippen LogP contribution < -0.4 is 0 Å². The maximum Gasteiger partial charge on any atom is 0.140 e. The van der Waals surface area contributed by atoms with Crippen molar-refractivity contribution in [2.45, 2.75) is 45.1 Å². The smallest absolute Gasteiger partial charge is 0.140 e. The quantitative estimate of drug-likeness (QED) is 0.814. The van der Waals surface area contributed by atoms with Gasteiger partial charge in [-0.3, -0.25) is 0 Å². The van der Waals surface area contributed by atoms with E-state index < -0.39 is 0 Å². The van der Waals surface area contributed by atoms with Crippen LogP contribution in [0.1, 0.15) is 54.9 Å². The highest BCUT2D eigenvalue weighted by Crippen LogP contribution is 2.38. The number of aromatic nitrogens is 3. The predicted octanol–water partition coefficient (Wildman–Crippen LogP) is 3.39. The van der Waals surface area contributed by atoms with E-state index in [1.165, 1.54) is 24.8 Å². The van der Waals surface area contributed by atoms with Gasteiger partial charge in [0.1, 0.15) is 12.2 Å². The molecule has 3 nitrogen and oxygen atoms in total. The molecule has 2 heterocycles. The fourth-order valence-corrected chi connectivity index (χ4v) is 3.64. The van der Waals surface area contributed by atoms with Crippen LogP contribution >= 0.6 is 11.3 Å². The van der Waals surface area contributed by atoms with Crippen LogP contribution in [0.15, 0.2) is 17.8 Å². The van der Waals surface area contributed by atoms with Crippen LogP contribution in [0.5, 0.6) is 0 Å². The van der Waals surface area contributed by atoms with E-state index in [2.05, 4.69) is 40.1 Å². The number of nitrogens with zero attached hydrogens (tertiary/aromatic N) is 3. The van der Waals surface area contributed by atoms with E-state index in [-0.39, 0.29) is 0 Å². The molecule has 0 spiro atoms. The first-order chi connectivity index (χ1) is 8.27. The fourth-order valence-electron chi connectivity index (χ4n) is 2.65. The van der Waals surface area contributed by atoms with Crippen LogP contribution in [-0.4, -0.2) is 14.8 Å². The fraction of sp³-hybridized carbons (Fsp3) is 0.538. The Kier molecular flexibility index (Phi) is 2.74. The number of aryl methyl sites for hydroxylation is 1. The molecule has 1 aliphatic rings. The second-order valence-corrected chi connectivity index (χ2v) is 5.93. The third kappa shape index (κ3) is 1.80. The molecule has 0 saturated carbocycles. The summed E-state index contributed by atoms with van der Waals surface area (Å²) in [6, 6.07) is 2.70. The summed E-state index contributed by atoms with van der Waals surface area (Å²) in [6.07, 6.45) is 5.57. The largest absolute Gasteiger partial charge is 0.315 e. The van der Waals surface area contributed by atoms with Gasteiger partial charge in [0.2, 0.25) is 0 Å². The van der Waals surface area contributed by atoms with Gasteiger partial charge in [-0.1, -0.05) is 0 Å². The third-order valence-corrected chi connectivity index (χ3v) is 4.52. The second kappa shape index (κ2) is 4.26. The molecule has 0 bridgehead atoms. The molecular formula is C13H17N3S. The van der Waals surface area contributed by atoms with Crippen molar-refractivity contribution in [3.8, 4) is 0 Å². The summed E-state index contributed by atoms with van der Waals surface area (Å²) in [5.41, 5.74) is 1.48. The predicted molar refractivity (Wildman–Crippen MR) is 69.5 cm³/mol. The topological polar surface area (TPSA) is 30.7 Å². The first kappa shape index (κ1) is 11.0. The summed E-state index contributed by atoms with van der Waals surface area (Å²) in [4.78, 5) is 1.54. The van der Waals surface area contributed by atoms with Gasteiger partial charge in [0, 0.05) is 16.8 Å². The molecule has 3 rings (SSSR count). The van der Waals surface area contributed by atoms with Gasteiger partial charge in [-0.15, -0.1) is 21.5 Å². The highest BCUT2D eigenvalue weighted by molar-refractivity contribution is 7.10. The van der Waals surface area contributed by atoms with Gasteiger partial charge in [-0.05, 0) is 50.1 Å². The zero-order chi connectivity index (χ0) is 11.8. The Morgan fingerprint density at radius 2 is 2.35 bits per heavy atom. The van der Waals surface area contributed by atoms with Crippen molar-refractivity contribution >= 4 is 11.3 Å². The minimum absolute atomic E-state index is 0.434. The van der Waals surface area contributed by atoms with Gasteiger partial charge >= 0.3 is 0 Å². The Morgan fingerprint density at radius 1 is 1.47 bits per heavy atom. The monoisotopic (exact) mass is 247 g/mol. The lowest BCUT2D eigenvalue weighted by Gasteiger charge is -2.23. The van der Waals surface area contributed by atoms with E-state index in [4.69, 9.17) is 0 Å². The van der Waals surface area contributed by atoms with Crippen LogP contribution in [0, 0.1) is 0 Å². The normalized spacial score (nSPS) is 19.6. The van der Waals surface area contributed by atoms with Crippen molar-refractivity contribution in [2.75, 3.05) is 0 Å². The average Bonchev–Trinajstić information content (AvgIpc) is 2.97. The number of thiophene rings is 1. The molecule has 0 fully saturated rings. The van der Waals surface area contributed by atoms with Crippen molar-refractivity contribution in [1.29, 1.82) is 0 Å². The molecule has 1 atom stereocenters. The summed E-state index contributed by atoms with van der Waals surface area (Å²) in [6.45, 7) is 4.37. The number of rotatable bonds is 2. The van der Waals surface area contributed by atoms with Gasteiger partial charge in [0.25, 0.3) is 0 Å².